The fourth-order valence-electron chi connectivity index (χ4n) is 5.07. The van der Waals surface area contributed by atoms with Gasteiger partial charge in [-0.25, -0.2) is 12.8 Å². The van der Waals surface area contributed by atoms with Crippen LogP contribution in [0, 0.1) is 5.82 Å². The minimum atomic E-state index is -4.16. The number of rotatable bonds is 12. The highest BCUT2D eigenvalue weighted by Gasteiger charge is 2.34. The lowest BCUT2D eigenvalue weighted by Crippen LogP contribution is -2.53. The maximum Gasteiger partial charge on any atom is 0.264 e. The van der Waals surface area contributed by atoms with E-state index in [1.165, 1.54) is 36.3 Å². The number of nitrogens with one attached hydrogen (secondary N) is 1. The maximum absolute atomic E-state index is 14.1. The van der Waals surface area contributed by atoms with E-state index in [4.69, 9.17) is 4.74 Å². The number of carbonyl (C=O) groups is 2. The first-order valence-corrected chi connectivity index (χ1v) is 15.2. The number of anilines is 1. The van der Waals surface area contributed by atoms with E-state index in [1.807, 2.05) is 6.92 Å². The fourth-order valence-corrected chi connectivity index (χ4v) is 6.51. The number of hydrogen-bond acceptors (Lipinski definition) is 5. The highest BCUT2D eigenvalue weighted by molar-refractivity contribution is 7.92. The lowest BCUT2D eigenvalue weighted by atomic mass is 10.1. The zero-order chi connectivity index (χ0) is 29.4. The van der Waals surface area contributed by atoms with Crippen LogP contribution in [0.25, 0.3) is 0 Å². The van der Waals surface area contributed by atoms with Gasteiger partial charge in [0.25, 0.3) is 10.0 Å². The molecule has 3 aromatic carbocycles. The number of amides is 2. The Morgan fingerprint density at radius 1 is 0.976 bits per heavy atom. The second-order valence-corrected chi connectivity index (χ2v) is 11.9. The van der Waals surface area contributed by atoms with E-state index >= 15 is 0 Å². The van der Waals surface area contributed by atoms with Crippen LogP contribution < -0.4 is 14.4 Å². The molecule has 41 heavy (non-hydrogen) atoms. The Balaban J connectivity index is 1.70. The molecule has 4 rings (SSSR count). The van der Waals surface area contributed by atoms with E-state index in [-0.39, 0.29) is 29.1 Å². The zero-order valence-electron chi connectivity index (χ0n) is 23.3. The monoisotopic (exact) mass is 581 g/mol. The molecular formula is C31H36FN3O5S. The summed E-state index contributed by atoms with van der Waals surface area (Å²) in [6.07, 6.45) is 4.16. The van der Waals surface area contributed by atoms with Crippen molar-refractivity contribution in [2.45, 2.75) is 62.6 Å². The van der Waals surface area contributed by atoms with E-state index in [0.717, 1.165) is 30.0 Å². The Kier molecular flexibility index (Phi) is 9.99. The molecule has 0 radical (unpaired) electrons. The molecule has 0 bridgehead atoms. The van der Waals surface area contributed by atoms with Crippen molar-refractivity contribution in [1.29, 1.82) is 0 Å². The summed E-state index contributed by atoms with van der Waals surface area (Å²) in [6, 6.07) is 19.2. The molecule has 1 N–H and O–H groups in total. The van der Waals surface area contributed by atoms with Gasteiger partial charge in [0.15, 0.2) is 0 Å². The first-order chi connectivity index (χ1) is 19.7. The quantitative estimate of drug-likeness (QED) is 0.329. The molecule has 3 aromatic rings. The maximum atomic E-state index is 14.1. The molecular weight excluding hydrogens is 545 g/mol. The summed E-state index contributed by atoms with van der Waals surface area (Å²) in [5.74, 6) is -0.725. The Morgan fingerprint density at radius 2 is 1.61 bits per heavy atom. The fraction of sp³-hybridized carbons (Fsp3) is 0.355. The largest absolute Gasteiger partial charge is 0.497 e. The number of ether oxygens (including phenoxy) is 1. The van der Waals surface area contributed by atoms with Gasteiger partial charge < -0.3 is 15.0 Å². The van der Waals surface area contributed by atoms with Crippen molar-refractivity contribution in [2.75, 3.05) is 18.0 Å². The summed E-state index contributed by atoms with van der Waals surface area (Å²) in [5.41, 5.74) is 0.891. The smallest absolute Gasteiger partial charge is 0.264 e. The van der Waals surface area contributed by atoms with Crippen LogP contribution in [-0.4, -0.2) is 50.9 Å². The van der Waals surface area contributed by atoms with Crippen LogP contribution in [0.15, 0.2) is 83.8 Å². The first kappa shape index (κ1) is 30.0. The molecule has 1 atom stereocenters. The van der Waals surface area contributed by atoms with Crippen LogP contribution in [0.4, 0.5) is 10.1 Å². The highest BCUT2D eigenvalue weighted by atomic mass is 32.2. The number of halogens is 1. The summed E-state index contributed by atoms with van der Waals surface area (Å²) >= 11 is 0. The summed E-state index contributed by atoms with van der Waals surface area (Å²) in [4.78, 5) is 29.0. The first-order valence-electron chi connectivity index (χ1n) is 13.8. The SMILES string of the molecule is CC[C@H](C(=O)NC1CCCC1)N(Cc1ccc(F)cc1)C(=O)CN(c1ccc(OC)cc1)S(=O)(=O)c1ccccc1. The topological polar surface area (TPSA) is 96.0 Å². The molecule has 0 spiro atoms. The third kappa shape index (κ3) is 7.43. The van der Waals surface area contributed by atoms with Crippen molar-refractivity contribution in [1.82, 2.24) is 10.2 Å². The van der Waals surface area contributed by atoms with Gasteiger partial charge in [-0.1, -0.05) is 50.1 Å². The van der Waals surface area contributed by atoms with Crippen molar-refractivity contribution in [2.24, 2.45) is 0 Å². The van der Waals surface area contributed by atoms with Gasteiger partial charge in [0.1, 0.15) is 24.2 Å². The Labute approximate surface area is 241 Å². The molecule has 1 fully saturated rings. The van der Waals surface area contributed by atoms with Gasteiger partial charge in [-0.15, -0.1) is 0 Å². The van der Waals surface area contributed by atoms with Gasteiger partial charge in [0.2, 0.25) is 11.8 Å². The zero-order valence-corrected chi connectivity index (χ0v) is 24.1. The number of methoxy groups -OCH3 is 1. The van der Waals surface area contributed by atoms with Gasteiger partial charge >= 0.3 is 0 Å². The molecule has 0 aromatic heterocycles. The molecule has 8 nitrogen and oxygen atoms in total. The lowest BCUT2D eigenvalue weighted by Gasteiger charge is -2.33. The number of nitrogens with zero attached hydrogens (tertiary/aromatic N) is 2. The lowest BCUT2D eigenvalue weighted by molar-refractivity contribution is -0.140. The van der Waals surface area contributed by atoms with Crippen LogP contribution in [-0.2, 0) is 26.2 Å². The number of sulfonamides is 1. The van der Waals surface area contributed by atoms with Gasteiger partial charge in [-0.05, 0) is 73.4 Å². The van der Waals surface area contributed by atoms with Gasteiger partial charge in [0, 0.05) is 12.6 Å². The van der Waals surface area contributed by atoms with E-state index in [0.29, 0.717) is 17.7 Å². The van der Waals surface area contributed by atoms with Crippen molar-refractivity contribution in [3.63, 3.8) is 0 Å². The molecule has 1 aliphatic carbocycles. The normalized spacial score (nSPS) is 14.3. The molecule has 0 aliphatic heterocycles. The third-order valence-electron chi connectivity index (χ3n) is 7.32. The van der Waals surface area contributed by atoms with E-state index in [1.54, 1.807) is 54.6 Å². The second-order valence-electron chi connectivity index (χ2n) is 10.1. The number of carbonyl (C=O) groups excluding carboxylic acids is 2. The molecule has 2 amide bonds. The average Bonchev–Trinajstić information content (AvgIpc) is 3.50. The molecule has 0 unspecified atom stereocenters. The standard InChI is InChI=1S/C31H36FN3O5S/c1-3-29(31(37)33-25-9-7-8-10-25)34(21-23-13-15-24(32)16-14-23)30(36)22-35(26-17-19-27(40-2)20-18-26)41(38,39)28-11-5-4-6-12-28/h4-6,11-20,25,29H,3,7-10,21-22H2,1-2H3,(H,33,37)/t29-/m1/s1. The molecule has 1 saturated carbocycles. The minimum Gasteiger partial charge on any atom is -0.497 e. The van der Waals surface area contributed by atoms with E-state index in [9.17, 15) is 22.4 Å². The molecule has 0 saturated heterocycles. The number of hydrogen-bond donors (Lipinski definition) is 1. The van der Waals surface area contributed by atoms with Crippen LogP contribution >= 0.6 is 0 Å². The van der Waals surface area contributed by atoms with Crippen LogP contribution in [0.1, 0.15) is 44.6 Å². The third-order valence-corrected chi connectivity index (χ3v) is 9.11. The summed E-state index contributed by atoms with van der Waals surface area (Å²) in [7, 11) is -2.65. The van der Waals surface area contributed by atoms with Crippen molar-refractivity contribution in [3.05, 3.63) is 90.2 Å². The van der Waals surface area contributed by atoms with Crippen LogP contribution in [0.5, 0.6) is 5.75 Å². The van der Waals surface area contributed by atoms with Crippen molar-refractivity contribution in [3.8, 4) is 5.75 Å². The predicted molar refractivity (Wildman–Crippen MR) is 155 cm³/mol. The van der Waals surface area contributed by atoms with Crippen molar-refractivity contribution < 1.29 is 27.1 Å². The van der Waals surface area contributed by atoms with Gasteiger partial charge in [-0.2, -0.15) is 0 Å². The average molecular weight is 582 g/mol. The highest BCUT2D eigenvalue weighted by Crippen LogP contribution is 2.27. The molecule has 10 heteroatoms. The van der Waals surface area contributed by atoms with Gasteiger partial charge in [-0.3, -0.25) is 13.9 Å². The number of benzene rings is 3. The van der Waals surface area contributed by atoms with E-state index in [2.05, 4.69) is 5.32 Å². The molecule has 0 heterocycles. The Hall–Kier alpha value is -3.92. The second kappa shape index (κ2) is 13.6. The molecule has 1 aliphatic rings. The van der Waals surface area contributed by atoms with Crippen LogP contribution in [0.2, 0.25) is 0 Å². The molecule has 218 valence electrons. The Bertz CT molecular complexity index is 1410. The van der Waals surface area contributed by atoms with Gasteiger partial charge in [0.05, 0.1) is 17.7 Å². The van der Waals surface area contributed by atoms with Crippen LogP contribution in [0.3, 0.4) is 0 Å². The van der Waals surface area contributed by atoms with Crippen molar-refractivity contribution >= 4 is 27.5 Å². The summed E-state index contributed by atoms with van der Waals surface area (Å²) in [5, 5.41) is 3.08. The summed E-state index contributed by atoms with van der Waals surface area (Å²) in [6.45, 7) is 1.28. The van der Waals surface area contributed by atoms with E-state index < -0.39 is 34.3 Å². The Morgan fingerprint density at radius 3 is 2.20 bits per heavy atom. The predicted octanol–water partition coefficient (Wildman–Crippen LogP) is 4.90. The summed E-state index contributed by atoms with van der Waals surface area (Å²) < 4.78 is 47.6. The minimum absolute atomic E-state index is 0.0115.